The summed E-state index contributed by atoms with van der Waals surface area (Å²) in [5.41, 5.74) is 0.402. The minimum Gasteiger partial charge on any atom is -0.379 e. The monoisotopic (exact) mass is 497 g/mol. The third-order valence-electron chi connectivity index (χ3n) is 7.22. The van der Waals surface area contributed by atoms with Crippen LogP contribution >= 0.6 is 11.6 Å². The highest BCUT2D eigenvalue weighted by molar-refractivity contribution is 7.89. The summed E-state index contributed by atoms with van der Waals surface area (Å²) in [5, 5.41) is 0.178. The molecule has 0 spiro atoms. The number of likely N-dealkylation sites (tertiary alicyclic amines) is 1. The van der Waals surface area contributed by atoms with Crippen LogP contribution < -0.4 is 0 Å². The number of morpholine rings is 1. The molecule has 0 aliphatic carbocycles. The maximum atomic E-state index is 13.3. The summed E-state index contributed by atoms with van der Waals surface area (Å²) >= 11 is 6.31. The first-order valence-corrected chi connectivity index (χ1v) is 14.2. The van der Waals surface area contributed by atoms with Crippen LogP contribution in [0, 0.1) is 5.92 Å². The zero-order valence-corrected chi connectivity index (χ0v) is 21.0. The largest absolute Gasteiger partial charge is 0.379 e. The van der Waals surface area contributed by atoms with Crippen LogP contribution in [0.5, 0.6) is 0 Å². The first kappa shape index (κ1) is 24.9. The molecule has 1 amide bonds. The molecule has 3 saturated heterocycles. The third-order valence-corrected chi connectivity index (χ3v) is 9.60. The second kappa shape index (κ2) is 11.5. The predicted octanol–water partition coefficient (Wildman–Crippen LogP) is 3.48. The number of hydrogen-bond acceptors (Lipinski definition) is 5. The van der Waals surface area contributed by atoms with Gasteiger partial charge in [-0.25, -0.2) is 8.42 Å². The Morgan fingerprint density at radius 1 is 0.970 bits per heavy atom. The van der Waals surface area contributed by atoms with Crippen LogP contribution in [-0.2, 0) is 14.8 Å². The van der Waals surface area contributed by atoms with Gasteiger partial charge >= 0.3 is 0 Å². The van der Waals surface area contributed by atoms with Crippen molar-refractivity contribution in [1.29, 1.82) is 0 Å². The number of sulfonamides is 1. The highest BCUT2D eigenvalue weighted by atomic mass is 35.5. The molecule has 4 rings (SSSR count). The van der Waals surface area contributed by atoms with Crippen LogP contribution in [0.4, 0.5) is 0 Å². The third kappa shape index (κ3) is 6.28. The summed E-state index contributed by atoms with van der Waals surface area (Å²) in [6, 6.07) is 4.68. The van der Waals surface area contributed by atoms with Crippen LogP contribution in [0.15, 0.2) is 23.1 Å². The summed E-state index contributed by atoms with van der Waals surface area (Å²) in [6.45, 7) is 7.20. The van der Waals surface area contributed by atoms with E-state index in [0.29, 0.717) is 37.7 Å². The molecule has 33 heavy (non-hydrogen) atoms. The minimum absolute atomic E-state index is 0.0531. The summed E-state index contributed by atoms with van der Waals surface area (Å²) in [7, 11) is -3.71. The Labute approximate surface area is 203 Å². The Morgan fingerprint density at radius 2 is 1.64 bits per heavy atom. The van der Waals surface area contributed by atoms with Gasteiger partial charge in [0.25, 0.3) is 5.91 Å². The fraction of sp³-hybridized carbons (Fsp3) is 0.708. The molecule has 3 heterocycles. The number of nitrogens with zero attached hydrogens (tertiary/aromatic N) is 3. The fourth-order valence-corrected chi connectivity index (χ4v) is 7.07. The number of benzene rings is 1. The summed E-state index contributed by atoms with van der Waals surface area (Å²) < 4.78 is 33.5. The molecule has 0 bridgehead atoms. The standard InChI is InChI=1S/C24H36ClN3O4S/c25-22-6-5-21(19-23(22)33(30,31)28-10-3-1-2-4-11-28)24(29)27-13-8-20(9-14-27)7-12-26-15-17-32-18-16-26/h5-6,19-20H,1-4,7-18H2. The highest BCUT2D eigenvalue weighted by Crippen LogP contribution is 2.29. The van der Waals surface area contributed by atoms with E-state index in [-0.39, 0.29) is 15.8 Å². The van der Waals surface area contributed by atoms with Gasteiger partial charge in [0.05, 0.1) is 18.2 Å². The Morgan fingerprint density at radius 3 is 2.30 bits per heavy atom. The van der Waals surface area contributed by atoms with Gasteiger partial charge in [-0.15, -0.1) is 0 Å². The van der Waals surface area contributed by atoms with E-state index in [0.717, 1.165) is 77.8 Å². The van der Waals surface area contributed by atoms with Crippen LogP contribution in [-0.4, -0.2) is 87.5 Å². The lowest BCUT2D eigenvalue weighted by Crippen LogP contribution is -2.41. The van der Waals surface area contributed by atoms with Crippen molar-refractivity contribution >= 4 is 27.5 Å². The first-order chi connectivity index (χ1) is 15.9. The molecule has 0 aromatic heterocycles. The number of hydrogen-bond donors (Lipinski definition) is 0. The van der Waals surface area contributed by atoms with Crippen LogP contribution in [0.1, 0.15) is 55.3 Å². The lowest BCUT2D eigenvalue weighted by molar-refractivity contribution is 0.0332. The lowest BCUT2D eigenvalue weighted by Gasteiger charge is -2.34. The van der Waals surface area contributed by atoms with Crippen molar-refractivity contribution < 1.29 is 17.9 Å². The number of carbonyl (C=O) groups excluding carboxylic acids is 1. The topological polar surface area (TPSA) is 70.2 Å². The zero-order valence-electron chi connectivity index (χ0n) is 19.4. The number of ether oxygens (including phenoxy) is 1. The normalized spacial score (nSPS) is 22.3. The van der Waals surface area contributed by atoms with Gasteiger partial charge in [-0.2, -0.15) is 4.31 Å². The molecule has 3 fully saturated rings. The SMILES string of the molecule is O=C(c1ccc(Cl)c(S(=O)(=O)N2CCCCCC2)c1)N1CCC(CCN2CCOCC2)CC1. The molecule has 0 radical (unpaired) electrons. The van der Waals surface area contributed by atoms with Crippen LogP contribution in [0.3, 0.4) is 0 Å². The summed E-state index contributed by atoms with van der Waals surface area (Å²) in [4.78, 5) is 17.6. The fourth-order valence-electron chi connectivity index (χ4n) is 5.05. The van der Waals surface area contributed by atoms with E-state index in [1.54, 1.807) is 12.1 Å². The van der Waals surface area contributed by atoms with E-state index in [9.17, 15) is 13.2 Å². The van der Waals surface area contributed by atoms with Crippen molar-refractivity contribution in [1.82, 2.24) is 14.1 Å². The average Bonchev–Trinajstić information content (AvgIpc) is 3.14. The molecular weight excluding hydrogens is 462 g/mol. The van der Waals surface area contributed by atoms with Gasteiger partial charge in [0.2, 0.25) is 10.0 Å². The molecule has 1 aromatic rings. The van der Waals surface area contributed by atoms with Crippen molar-refractivity contribution in [3.05, 3.63) is 28.8 Å². The van der Waals surface area contributed by atoms with Crippen molar-refractivity contribution in [2.24, 2.45) is 5.92 Å². The van der Waals surface area contributed by atoms with E-state index in [4.69, 9.17) is 16.3 Å². The molecule has 0 N–H and O–H groups in total. The van der Waals surface area contributed by atoms with Crippen molar-refractivity contribution in [2.45, 2.75) is 49.8 Å². The van der Waals surface area contributed by atoms with Crippen molar-refractivity contribution in [3.8, 4) is 0 Å². The van der Waals surface area contributed by atoms with E-state index >= 15 is 0 Å². The molecular formula is C24H36ClN3O4S. The molecule has 3 aliphatic heterocycles. The van der Waals surface area contributed by atoms with Crippen molar-refractivity contribution in [3.63, 3.8) is 0 Å². The van der Waals surface area contributed by atoms with Gasteiger partial charge in [0.1, 0.15) is 4.90 Å². The first-order valence-electron chi connectivity index (χ1n) is 12.3. The maximum absolute atomic E-state index is 13.3. The van der Waals surface area contributed by atoms with Gasteiger partial charge in [-0.3, -0.25) is 9.69 Å². The molecule has 0 atom stereocenters. The van der Waals surface area contributed by atoms with Gasteiger partial charge in [-0.05, 0) is 62.8 Å². The van der Waals surface area contributed by atoms with E-state index in [1.165, 1.54) is 10.4 Å². The summed E-state index contributed by atoms with van der Waals surface area (Å²) in [5.74, 6) is 0.520. The predicted molar refractivity (Wildman–Crippen MR) is 129 cm³/mol. The van der Waals surface area contributed by atoms with Gasteiger partial charge in [-0.1, -0.05) is 24.4 Å². The van der Waals surface area contributed by atoms with Gasteiger partial charge in [0.15, 0.2) is 0 Å². The number of amides is 1. The van der Waals surface area contributed by atoms with Crippen LogP contribution in [0.2, 0.25) is 5.02 Å². The molecule has 9 heteroatoms. The maximum Gasteiger partial charge on any atom is 0.253 e. The molecule has 1 aromatic carbocycles. The Hall–Kier alpha value is -1.19. The van der Waals surface area contributed by atoms with E-state index in [1.807, 2.05) is 4.90 Å². The van der Waals surface area contributed by atoms with E-state index in [2.05, 4.69) is 4.90 Å². The average molecular weight is 498 g/mol. The summed E-state index contributed by atoms with van der Waals surface area (Å²) in [6.07, 6.45) is 6.93. The number of carbonyl (C=O) groups is 1. The second-order valence-corrected chi connectivity index (χ2v) is 11.8. The minimum atomic E-state index is -3.71. The Balaban J connectivity index is 1.36. The van der Waals surface area contributed by atoms with Gasteiger partial charge < -0.3 is 9.64 Å². The smallest absolute Gasteiger partial charge is 0.253 e. The Bertz CT molecular complexity index is 904. The van der Waals surface area contributed by atoms with Crippen molar-refractivity contribution in [2.75, 3.05) is 59.0 Å². The number of halogens is 1. The molecule has 0 saturated carbocycles. The molecule has 7 nitrogen and oxygen atoms in total. The number of piperidine rings is 1. The quantitative estimate of drug-likeness (QED) is 0.601. The second-order valence-electron chi connectivity index (χ2n) is 9.44. The lowest BCUT2D eigenvalue weighted by atomic mass is 9.93. The number of rotatable bonds is 6. The molecule has 3 aliphatic rings. The molecule has 0 unspecified atom stereocenters. The Kier molecular flexibility index (Phi) is 8.68. The molecule has 184 valence electrons. The highest BCUT2D eigenvalue weighted by Gasteiger charge is 2.30. The van der Waals surface area contributed by atoms with Crippen LogP contribution in [0.25, 0.3) is 0 Å². The van der Waals surface area contributed by atoms with E-state index < -0.39 is 10.0 Å². The zero-order chi connectivity index (χ0) is 23.3. The van der Waals surface area contributed by atoms with Gasteiger partial charge in [0, 0.05) is 44.8 Å².